The molecule has 0 radical (unpaired) electrons. The zero-order valence-electron chi connectivity index (χ0n) is 19.9. The minimum atomic E-state index is -4.85. The van der Waals surface area contributed by atoms with Crippen LogP contribution in [-0.4, -0.2) is 42.7 Å². The Morgan fingerprint density at radius 1 is 1.11 bits per heavy atom. The number of hydrogen-bond acceptors (Lipinski definition) is 5. The molecule has 1 atom stereocenters. The van der Waals surface area contributed by atoms with Gasteiger partial charge in [-0.3, -0.25) is 14.6 Å². The number of nitrogens with one attached hydrogen (secondary N) is 1. The molecule has 12 heteroatoms. The van der Waals surface area contributed by atoms with Crippen LogP contribution >= 0.6 is 11.6 Å². The molecule has 3 N–H and O–H groups in total. The Kier molecular flexibility index (Phi) is 7.77. The Morgan fingerprint density at radius 2 is 1.84 bits per heavy atom. The summed E-state index contributed by atoms with van der Waals surface area (Å²) in [5, 5.41) is 1.99. The summed E-state index contributed by atoms with van der Waals surface area (Å²) in [6.07, 6.45) is -2.96. The van der Waals surface area contributed by atoms with Crippen LogP contribution in [0.15, 0.2) is 48.5 Å². The van der Waals surface area contributed by atoms with Crippen molar-refractivity contribution in [1.29, 1.82) is 0 Å². The number of pyridine rings is 1. The van der Waals surface area contributed by atoms with E-state index in [4.69, 9.17) is 26.8 Å². The minimum absolute atomic E-state index is 0.0615. The minimum Gasteiger partial charge on any atom is -0.493 e. The molecule has 0 spiro atoms. The zero-order valence-corrected chi connectivity index (χ0v) is 20.7. The van der Waals surface area contributed by atoms with Gasteiger partial charge in [0.1, 0.15) is 11.7 Å². The van der Waals surface area contributed by atoms with Gasteiger partial charge in [-0.05, 0) is 61.4 Å². The molecular weight excluding hydrogens is 530 g/mol. The Hall–Kier alpha value is -3.86. The van der Waals surface area contributed by atoms with Crippen LogP contribution in [0.2, 0.25) is 5.02 Å². The van der Waals surface area contributed by atoms with Crippen molar-refractivity contribution in [1.82, 2.24) is 10.3 Å². The van der Waals surface area contributed by atoms with Gasteiger partial charge in [-0.25, -0.2) is 4.39 Å². The lowest BCUT2D eigenvalue weighted by molar-refractivity contribution is -0.149. The number of rotatable bonds is 9. The van der Waals surface area contributed by atoms with Gasteiger partial charge in [-0.1, -0.05) is 11.6 Å². The molecule has 1 heterocycles. The summed E-state index contributed by atoms with van der Waals surface area (Å²) in [7, 11) is 1.39. The first-order chi connectivity index (χ1) is 18.0. The maximum atomic E-state index is 14.1. The largest absolute Gasteiger partial charge is 0.493 e. The van der Waals surface area contributed by atoms with E-state index in [0.717, 1.165) is 25.0 Å². The summed E-state index contributed by atoms with van der Waals surface area (Å²) in [4.78, 5) is 28.7. The van der Waals surface area contributed by atoms with Crippen molar-refractivity contribution in [3.8, 4) is 22.8 Å². The highest BCUT2D eigenvalue weighted by Crippen LogP contribution is 2.36. The number of primary amides is 1. The van der Waals surface area contributed by atoms with E-state index in [1.54, 1.807) is 0 Å². The third kappa shape index (κ3) is 6.34. The number of ether oxygens (including phenoxy) is 2. The standard InChI is InChI=1S/C26H22ClF4N3O4/c1-37-23-11-14(3-7-22(23)38-16-4-5-16)25(36)33-12-17(26(29,30)31)21-10-15(24(32)35)9-20(34-21)13-2-6-19(28)18(27)8-13/h2-3,6-11,16-17H,4-5,12H2,1H3,(H2,32,35)(H,33,36). The van der Waals surface area contributed by atoms with Crippen LogP contribution in [0.25, 0.3) is 11.3 Å². The third-order valence-electron chi connectivity index (χ3n) is 5.81. The van der Waals surface area contributed by atoms with Crippen molar-refractivity contribution in [3.05, 3.63) is 76.2 Å². The summed E-state index contributed by atoms with van der Waals surface area (Å²) in [5.41, 5.74) is 4.69. The maximum absolute atomic E-state index is 14.1. The fourth-order valence-corrected chi connectivity index (χ4v) is 3.81. The monoisotopic (exact) mass is 551 g/mol. The van der Waals surface area contributed by atoms with Gasteiger partial charge < -0.3 is 20.5 Å². The quantitative estimate of drug-likeness (QED) is 0.353. The van der Waals surface area contributed by atoms with Gasteiger partial charge in [0, 0.05) is 23.2 Å². The second-order valence-electron chi connectivity index (χ2n) is 8.65. The van der Waals surface area contributed by atoms with Crippen LogP contribution in [0.5, 0.6) is 11.5 Å². The number of nitrogens with two attached hydrogens (primary N) is 1. The third-order valence-corrected chi connectivity index (χ3v) is 6.10. The van der Waals surface area contributed by atoms with E-state index < -0.39 is 42.0 Å². The summed E-state index contributed by atoms with van der Waals surface area (Å²) in [5.74, 6) is -4.10. The normalized spacial score (nSPS) is 14.1. The molecule has 1 fully saturated rings. The number of alkyl halides is 3. The number of amides is 2. The molecule has 1 saturated carbocycles. The molecule has 0 aliphatic heterocycles. The van der Waals surface area contributed by atoms with Gasteiger partial charge in [0.15, 0.2) is 11.5 Å². The summed E-state index contributed by atoms with van der Waals surface area (Å²) >= 11 is 5.80. The molecule has 1 aliphatic rings. The van der Waals surface area contributed by atoms with E-state index in [1.807, 2.05) is 0 Å². The molecule has 7 nitrogen and oxygen atoms in total. The molecule has 38 heavy (non-hydrogen) atoms. The van der Waals surface area contributed by atoms with E-state index >= 15 is 0 Å². The van der Waals surface area contributed by atoms with Crippen LogP contribution in [0.1, 0.15) is 45.2 Å². The molecule has 4 rings (SSSR count). The van der Waals surface area contributed by atoms with Gasteiger partial charge in [-0.15, -0.1) is 0 Å². The highest BCUT2D eigenvalue weighted by atomic mass is 35.5. The number of halogens is 5. The van der Waals surface area contributed by atoms with E-state index in [1.165, 1.54) is 43.5 Å². The van der Waals surface area contributed by atoms with Crippen molar-refractivity contribution in [3.63, 3.8) is 0 Å². The van der Waals surface area contributed by atoms with Crippen molar-refractivity contribution in [2.45, 2.75) is 31.0 Å². The highest BCUT2D eigenvalue weighted by molar-refractivity contribution is 6.31. The molecule has 0 bridgehead atoms. The van der Waals surface area contributed by atoms with Gasteiger partial charge in [0.25, 0.3) is 5.91 Å². The first-order valence-electron chi connectivity index (χ1n) is 11.4. The lowest BCUT2D eigenvalue weighted by Gasteiger charge is -2.22. The lowest BCUT2D eigenvalue weighted by atomic mass is 9.99. The lowest BCUT2D eigenvalue weighted by Crippen LogP contribution is -2.35. The Balaban J connectivity index is 1.61. The molecule has 0 saturated heterocycles. The topological polar surface area (TPSA) is 104 Å². The average Bonchev–Trinajstić information content (AvgIpc) is 3.69. The number of aromatic nitrogens is 1. The predicted molar refractivity (Wildman–Crippen MR) is 131 cm³/mol. The van der Waals surface area contributed by atoms with Crippen LogP contribution in [0.4, 0.5) is 17.6 Å². The number of hydrogen-bond donors (Lipinski definition) is 2. The van der Waals surface area contributed by atoms with Gasteiger partial charge in [0.2, 0.25) is 5.91 Å². The molecule has 3 aromatic rings. The van der Waals surface area contributed by atoms with Crippen molar-refractivity contribution in [2.24, 2.45) is 5.73 Å². The number of nitrogens with zero attached hydrogens (tertiary/aromatic N) is 1. The maximum Gasteiger partial charge on any atom is 0.398 e. The second-order valence-corrected chi connectivity index (χ2v) is 9.05. The van der Waals surface area contributed by atoms with Gasteiger partial charge in [-0.2, -0.15) is 13.2 Å². The molecule has 2 amide bonds. The van der Waals surface area contributed by atoms with E-state index in [9.17, 15) is 27.2 Å². The summed E-state index contributed by atoms with van der Waals surface area (Å²) < 4.78 is 66.9. The Labute approximate surface area is 219 Å². The van der Waals surface area contributed by atoms with Crippen LogP contribution in [-0.2, 0) is 0 Å². The van der Waals surface area contributed by atoms with Crippen molar-refractivity contribution < 1.29 is 36.6 Å². The van der Waals surface area contributed by atoms with E-state index in [0.29, 0.717) is 5.75 Å². The highest BCUT2D eigenvalue weighted by Gasteiger charge is 2.42. The fourth-order valence-electron chi connectivity index (χ4n) is 3.63. The summed E-state index contributed by atoms with van der Waals surface area (Å²) in [6, 6.07) is 9.85. The second kappa shape index (κ2) is 10.9. The molecule has 1 aliphatic carbocycles. The van der Waals surface area contributed by atoms with E-state index in [2.05, 4.69) is 10.3 Å². The van der Waals surface area contributed by atoms with Gasteiger partial charge in [0.05, 0.1) is 29.6 Å². The number of carbonyl (C=O) groups excluding carboxylic acids is 2. The molecule has 1 aromatic heterocycles. The van der Waals surface area contributed by atoms with Crippen LogP contribution in [0.3, 0.4) is 0 Å². The predicted octanol–water partition coefficient (Wildman–Crippen LogP) is 5.27. The zero-order chi connectivity index (χ0) is 27.6. The molecule has 2 aromatic carbocycles. The first kappa shape index (κ1) is 27.2. The van der Waals surface area contributed by atoms with Crippen LogP contribution < -0.4 is 20.5 Å². The molecular formula is C26H22ClF4N3O4. The molecule has 1 unspecified atom stereocenters. The van der Waals surface area contributed by atoms with Crippen molar-refractivity contribution >= 4 is 23.4 Å². The average molecular weight is 552 g/mol. The Morgan fingerprint density at radius 3 is 2.45 bits per heavy atom. The smallest absolute Gasteiger partial charge is 0.398 e. The van der Waals surface area contributed by atoms with E-state index in [-0.39, 0.29) is 39.3 Å². The SMILES string of the molecule is COc1cc(C(=O)NCC(c2cc(C(N)=O)cc(-c3ccc(F)c(Cl)c3)n2)C(F)(F)F)ccc1OC1CC1. The molecule has 200 valence electrons. The van der Waals surface area contributed by atoms with Gasteiger partial charge >= 0.3 is 6.18 Å². The number of methoxy groups -OCH3 is 1. The first-order valence-corrected chi connectivity index (χ1v) is 11.8. The summed E-state index contributed by atoms with van der Waals surface area (Å²) in [6.45, 7) is -0.885. The Bertz CT molecular complexity index is 1380. The fraction of sp³-hybridized carbons (Fsp3) is 0.269. The van der Waals surface area contributed by atoms with Crippen LogP contribution in [0, 0.1) is 5.82 Å². The number of benzene rings is 2. The van der Waals surface area contributed by atoms with Crippen molar-refractivity contribution in [2.75, 3.05) is 13.7 Å². The number of carbonyl (C=O) groups is 2.